The lowest BCUT2D eigenvalue weighted by molar-refractivity contribution is 0.474. The summed E-state index contributed by atoms with van der Waals surface area (Å²) in [6, 6.07) is 7.20. The molecule has 6 heteroatoms. The molecule has 0 atom stereocenters. The number of benzene rings is 1. The average Bonchev–Trinajstić information content (AvgIpc) is 3.12. The second-order valence-electron chi connectivity index (χ2n) is 5.55. The Morgan fingerprint density at radius 1 is 1.35 bits per heavy atom. The van der Waals surface area contributed by atoms with Gasteiger partial charge in [-0.3, -0.25) is 5.10 Å². The lowest BCUT2D eigenvalue weighted by atomic mass is 10.1. The van der Waals surface area contributed by atoms with Crippen molar-refractivity contribution in [3.05, 3.63) is 77.8 Å². The summed E-state index contributed by atoms with van der Waals surface area (Å²) in [6.45, 7) is 4.43. The zero-order valence-corrected chi connectivity index (χ0v) is 12.7. The maximum absolute atomic E-state index is 9.61. The van der Waals surface area contributed by atoms with Crippen LogP contribution in [0.5, 0.6) is 5.75 Å². The number of nitrogens with two attached hydrogens (primary N) is 1. The van der Waals surface area contributed by atoms with Crippen molar-refractivity contribution in [3.63, 3.8) is 0 Å². The van der Waals surface area contributed by atoms with E-state index in [1.165, 1.54) is 0 Å². The minimum Gasteiger partial charge on any atom is -0.508 e. The van der Waals surface area contributed by atoms with Gasteiger partial charge in [-0.15, -0.1) is 0 Å². The Morgan fingerprint density at radius 3 is 2.91 bits per heavy atom. The predicted molar refractivity (Wildman–Crippen MR) is 87.9 cm³/mol. The molecule has 0 aliphatic rings. The molecule has 23 heavy (non-hydrogen) atoms. The van der Waals surface area contributed by atoms with E-state index in [0.29, 0.717) is 25.1 Å². The van der Waals surface area contributed by atoms with Crippen LogP contribution in [0, 0.1) is 0 Å². The van der Waals surface area contributed by atoms with Gasteiger partial charge in [0.1, 0.15) is 5.75 Å². The second kappa shape index (κ2) is 6.39. The van der Waals surface area contributed by atoms with E-state index in [1.54, 1.807) is 24.7 Å². The quantitative estimate of drug-likeness (QED) is 0.649. The number of hydrogen-bond acceptors (Lipinski definition) is 4. The fourth-order valence-corrected chi connectivity index (χ4v) is 2.57. The third-order valence-electron chi connectivity index (χ3n) is 3.62. The van der Waals surface area contributed by atoms with Crippen LogP contribution in [0.25, 0.3) is 0 Å². The molecule has 0 saturated heterocycles. The largest absolute Gasteiger partial charge is 0.508 e. The molecule has 3 rings (SSSR count). The highest BCUT2D eigenvalue weighted by atomic mass is 16.3. The van der Waals surface area contributed by atoms with Crippen molar-refractivity contribution >= 4 is 0 Å². The summed E-state index contributed by atoms with van der Waals surface area (Å²) < 4.78 is 2.04. The zero-order valence-electron chi connectivity index (χ0n) is 12.7. The Morgan fingerprint density at radius 2 is 2.22 bits per heavy atom. The first-order chi connectivity index (χ1) is 11.1. The van der Waals surface area contributed by atoms with E-state index in [4.69, 9.17) is 5.73 Å². The Balaban J connectivity index is 1.89. The van der Waals surface area contributed by atoms with Gasteiger partial charge in [-0.05, 0) is 23.3 Å². The average molecular weight is 309 g/mol. The first-order valence-electron chi connectivity index (χ1n) is 7.33. The standard InChI is InChI=1S/C17H19N5O/c1-12(18)5-17-16(7-14-8-20-21-9-14)19-11-22(17)10-13-3-2-4-15(23)6-13/h2-4,6,8-9,11,23H,1,5,7,10,18H2,(H,20,21). The van der Waals surface area contributed by atoms with E-state index in [9.17, 15) is 5.11 Å². The number of imidazole rings is 1. The Hall–Kier alpha value is -3.02. The Bertz CT molecular complexity index is 804. The van der Waals surface area contributed by atoms with Gasteiger partial charge in [0.05, 0.1) is 18.2 Å². The molecule has 0 unspecified atom stereocenters. The summed E-state index contributed by atoms with van der Waals surface area (Å²) in [5.41, 5.74) is 10.5. The first kappa shape index (κ1) is 14.9. The molecule has 6 nitrogen and oxygen atoms in total. The molecule has 2 heterocycles. The molecule has 118 valence electrons. The van der Waals surface area contributed by atoms with Gasteiger partial charge in [-0.25, -0.2) is 4.98 Å². The van der Waals surface area contributed by atoms with Crippen molar-refractivity contribution in [2.75, 3.05) is 0 Å². The van der Waals surface area contributed by atoms with E-state index in [0.717, 1.165) is 22.5 Å². The number of aromatic nitrogens is 4. The highest BCUT2D eigenvalue weighted by Gasteiger charge is 2.13. The zero-order chi connectivity index (χ0) is 16.2. The molecule has 0 saturated carbocycles. The molecule has 0 amide bonds. The molecule has 3 aromatic rings. The van der Waals surface area contributed by atoms with Crippen molar-refractivity contribution < 1.29 is 5.11 Å². The molecule has 0 fully saturated rings. The van der Waals surface area contributed by atoms with Gasteiger partial charge in [0.25, 0.3) is 0 Å². The van der Waals surface area contributed by atoms with E-state index < -0.39 is 0 Å². The molecule has 0 radical (unpaired) electrons. The molecule has 2 aromatic heterocycles. The summed E-state index contributed by atoms with van der Waals surface area (Å²) in [7, 11) is 0. The van der Waals surface area contributed by atoms with Crippen molar-refractivity contribution in [1.82, 2.24) is 19.7 Å². The number of phenolic OH excluding ortho intramolecular Hbond substituents is 1. The van der Waals surface area contributed by atoms with Gasteiger partial charge in [-0.2, -0.15) is 5.10 Å². The molecular weight excluding hydrogens is 290 g/mol. The van der Waals surface area contributed by atoms with Gasteiger partial charge >= 0.3 is 0 Å². The normalized spacial score (nSPS) is 10.8. The topological polar surface area (TPSA) is 92.8 Å². The van der Waals surface area contributed by atoms with Crippen molar-refractivity contribution in [3.8, 4) is 5.75 Å². The van der Waals surface area contributed by atoms with Crippen LogP contribution in [-0.4, -0.2) is 24.9 Å². The third-order valence-corrected chi connectivity index (χ3v) is 3.62. The predicted octanol–water partition coefficient (Wildman–Crippen LogP) is 1.97. The fourth-order valence-electron chi connectivity index (χ4n) is 2.57. The van der Waals surface area contributed by atoms with E-state index in [2.05, 4.69) is 21.8 Å². The van der Waals surface area contributed by atoms with Crippen molar-refractivity contribution in [1.29, 1.82) is 0 Å². The van der Waals surface area contributed by atoms with E-state index >= 15 is 0 Å². The van der Waals surface area contributed by atoms with Crippen LogP contribution in [0.15, 0.2) is 55.3 Å². The molecule has 0 spiro atoms. The lowest BCUT2D eigenvalue weighted by Crippen LogP contribution is -2.09. The summed E-state index contributed by atoms with van der Waals surface area (Å²) in [6.07, 6.45) is 6.69. The van der Waals surface area contributed by atoms with Gasteiger partial charge in [0.15, 0.2) is 0 Å². The highest BCUT2D eigenvalue weighted by Crippen LogP contribution is 2.18. The van der Waals surface area contributed by atoms with Crippen LogP contribution < -0.4 is 5.73 Å². The molecule has 0 aliphatic carbocycles. The summed E-state index contributed by atoms with van der Waals surface area (Å²) in [5, 5.41) is 16.4. The number of phenols is 1. The SMILES string of the molecule is C=C(N)Cc1c(Cc2cn[nH]c2)ncn1Cc1cccc(O)c1. The molecule has 0 aliphatic heterocycles. The molecule has 1 aromatic carbocycles. The number of nitrogens with one attached hydrogen (secondary N) is 1. The van der Waals surface area contributed by atoms with Gasteiger partial charge in [0.2, 0.25) is 0 Å². The minimum absolute atomic E-state index is 0.256. The van der Waals surface area contributed by atoms with Crippen molar-refractivity contribution in [2.45, 2.75) is 19.4 Å². The van der Waals surface area contributed by atoms with E-state index in [-0.39, 0.29) is 5.75 Å². The minimum atomic E-state index is 0.256. The Kier molecular flexibility index (Phi) is 4.14. The van der Waals surface area contributed by atoms with Crippen LogP contribution in [-0.2, 0) is 19.4 Å². The monoisotopic (exact) mass is 309 g/mol. The number of hydrogen-bond donors (Lipinski definition) is 3. The maximum atomic E-state index is 9.61. The second-order valence-corrected chi connectivity index (χ2v) is 5.55. The number of H-pyrrole nitrogens is 1. The Labute approximate surface area is 134 Å². The summed E-state index contributed by atoms with van der Waals surface area (Å²) in [5.74, 6) is 0.256. The number of allylic oxidation sites excluding steroid dienone is 1. The van der Waals surface area contributed by atoms with Crippen molar-refractivity contribution in [2.24, 2.45) is 5.73 Å². The fraction of sp³-hybridized carbons (Fsp3) is 0.176. The van der Waals surface area contributed by atoms with Crippen LogP contribution in [0.1, 0.15) is 22.5 Å². The molecule has 0 bridgehead atoms. The smallest absolute Gasteiger partial charge is 0.115 e. The van der Waals surface area contributed by atoms with Gasteiger partial charge in [-0.1, -0.05) is 18.7 Å². The molecule has 4 N–H and O–H groups in total. The summed E-state index contributed by atoms with van der Waals surface area (Å²) in [4.78, 5) is 4.52. The van der Waals surface area contributed by atoms with Gasteiger partial charge in [0, 0.05) is 37.0 Å². The number of aromatic hydroxyl groups is 1. The van der Waals surface area contributed by atoms with Gasteiger partial charge < -0.3 is 15.4 Å². The third kappa shape index (κ3) is 3.60. The summed E-state index contributed by atoms with van der Waals surface area (Å²) >= 11 is 0. The van der Waals surface area contributed by atoms with Crippen LogP contribution in [0.3, 0.4) is 0 Å². The number of nitrogens with zero attached hydrogens (tertiary/aromatic N) is 3. The number of aromatic amines is 1. The van der Waals surface area contributed by atoms with E-state index in [1.807, 2.05) is 22.9 Å². The van der Waals surface area contributed by atoms with Crippen LogP contribution in [0.4, 0.5) is 0 Å². The maximum Gasteiger partial charge on any atom is 0.115 e. The van der Waals surface area contributed by atoms with Crippen LogP contribution >= 0.6 is 0 Å². The molecular formula is C17H19N5O. The first-order valence-corrected chi connectivity index (χ1v) is 7.33. The lowest BCUT2D eigenvalue weighted by Gasteiger charge is -2.10. The van der Waals surface area contributed by atoms with Crippen LogP contribution in [0.2, 0.25) is 0 Å². The highest BCUT2D eigenvalue weighted by molar-refractivity contribution is 5.29. The number of rotatable bonds is 6.